The van der Waals surface area contributed by atoms with Gasteiger partial charge in [-0.2, -0.15) is 4.80 Å². The fraction of sp³-hybridized carbons (Fsp3) is 0.440. The Morgan fingerprint density at radius 1 is 1.00 bits per heavy atom. The molecule has 33 heavy (non-hydrogen) atoms. The van der Waals surface area contributed by atoms with Crippen molar-refractivity contribution >= 4 is 40.0 Å². The van der Waals surface area contributed by atoms with Gasteiger partial charge in [0, 0.05) is 12.1 Å². The Hall–Kier alpha value is -2.87. The minimum absolute atomic E-state index is 0.0118. The van der Waals surface area contributed by atoms with E-state index >= 15 is 0 Å². The smallest absolute Gasteiger partial charge is 0.226 e. The van der Waals surface area contributed by atoms with Crippen LogP contribution in [-0.2, 0) is 4.79 Å². The van der Waals surface area contributed by atoms with E-state index in [-0.39, 0.29) is 17.1 Å². The van der Waals surface area contributed by atoms with E-state index < -0.39 is 0 Å². The standard InChI is InChI=1S/C25H26FN5OS/c26-18-1-4-20(5-2-18)31-29-21-6-3-19(10-22(21)30-31)27-24(33)28-23(32)14-25-11-15-7-16(12-25)9-17(8-15)13-25/h1-6,10,15-17H,7-9,11-14H2,(H2,27,28,32,33). The number of carbonyl (C=O) groups excluding carboxylic acids is 1. The molecule has 4 saturated carbocycles. The number of amides is 1. The van der Waals surface area contributed by atoms with Crippen LogP contribution in [0.3, 0.4) is 0 Å². The number of rotatable bonds is 4. The van der Waals surface area contributed by atoms with Crippen molar-refractivity contribution in [1.29, 1.82) is 0 Å². The first-order valence-corrected chi connectivity index (χ1v) is 12.1. The number of benzene rings is 2. The van der Waals surface area contributed by atoms with Crippen LogP contribution in [0.2, 0.25) is 0 Å². The van der Waals surface area contributed by atoms with Gasteiger partial charge in [-0.1, -0.05) is 0 Å². The second-order valence-corrected chi connectivity index (χ2v) is 10.7. The molecule has 0 atom stereocenters. The predicted molar refractivity (Wildman–Crippen MR) is 128 cm³/mol. The van der Waals surface area contributed by atoms with Crippen molar-refractivity contribution in [3.8, 4) is 5.69 Å². The van der Waals surface area contributed by atoms with Gasteiger partial charge in [-0.25, -0.2) is 4.39 Å². The average molecular weight is 464 g/mol. The summed E-state index contributed by atoms with van der Waals surface area (Å²) in [5.41, 5.74) is 2.98. The van der Waals surface area contributed by atoms with E-state index in [2.05, 4.69) is 20.8 Å². The van der Waals surface area contributed by atoms with Gasteiger partial charge >= 0.3 is 0 Å². The van der Waals surface area contributed by atoms with Gasteiger partial charge in [0.2, 0.25) is 5.91 Å². The van der Waals surface area contributed by atoms with Gasteiger partial charge in [0.05, 0.1) is 5.69 Å². The van der Waals surface area contributed by atoms with E-state index in [0.717, 1.165) is 23.4 Å². The summed E-state index contributed by atoms with van der Waals surface area (Å²) in [4.78, 5) is 14.3. The van der Waals surface area contributed by atoms with E-state index in [1.54, 1.807) is 12.1 Å². The molecule has 4 aliphatic carbocycles. The van der Waals surface area contributed by atoms with E-state index in [9.17, 15) is 9.18 Å². The van der Waals surface area contributed by atoms with Crippen LogP contribution in [0.5, 0.6) is 0 Å². The van der Waals surface area contributed by atoms with Gasteiger partial charge in [-0.15, -0.1) is 10.2 Å². The maximum Gasteiger partial charge on any atom is 0.226 e. The molecule has 2 N–H and O–H groups in total. The molecule has 1 heterocycles. The highest BCUT2D eigenvalue weighted by molar-refractivity contribution is 7.80. The van der Waals surface area contributed by atoms with E-state index in [1.807, 2.05) is 18.2 Å². The molecule has 170 valence electrons. The number of nitrogens with zero attached hydrogens (tertiary/aromatic N) is 3. The highest BCUT2D eigenvalue weighted by Gasteiger charge is 2.51. The lowest BCUT2D eigenvalue weighted by Crippen LogP contribution is -2.48. The van der Waals surface area contributed by atoms with Crippen LogP contribution in [0.4, 0.5) is 10.1 Å². The molecule has 6 nitrogen and oxygen atoms in total. The molecule has 4 fully saturated rings. The Morgan fingerprint density at radius 3 is 2.30 bits per heavy atom. The van der Waals surface area contributed by atoms with Crippen molar-refractivity contribution in [1.82, 2.24) is 20.3 Å². The number of halogens is 1. The molecule has 3 aromatic rings. The number of anilines is 1. The lowest BCUT2D eigenvalue weighted by Gasteiger charge is -2.56. The number of aromatic nitrogens is 3. The third-order valence-corrected chi connectivity index (χ3v) is 7.85. The number of nitrogens with one attached hydrogen (secondary N) is 2. The minimum atomic E-state index is -0.305. The quantitative estimate of drug-likeness (QED) is 0.534. The molecular weight excluding hydrogens is 437 g/mol. The van der Waals surface area contributed by atoms with Crippen LogP contribution in [0.15, 0.2) is 42.5 Å². The summed E-state index contributed by atoms with van der Waals surface area (Å²) in [5, 5.41) is 15.2. The summed E-state index contributed by atoms with van der Waals surface area (Å²) in [6.07, 6.45) is 8.29. The molecule has 7 rings (SSSR count). The molecule has 0 saturated heterocycles. The largest absolute Gasteiger partial charge is 0.332 e. The maximum absolute atomic E-state index is 13.2. The third kappa shape index (κ3) is 4.12. The van der Waals surface area contributed by atoms with Gasteiger partial charge in [0.1, 0.15) is 16.9 Å². The predicted octanol–water partition coefficient (Wildman–Crippen LogP) is 4.98. The molecule has 2 aromatic carbocycles. The highest BCUT2D eigenvalue weighted by atomic mass is 32.1. The molecule has 4 aliphatic rings. The van der Waals surface area contributed by atoms with Crippen molar-refractivity contribution in [3.63, 3.8) is 0 Å². The molecule has 1 amide bonds. The summed E-state index contributed by atoms with van der Waals surface area (Å²) < 4.78 is 13.2. The highest BCUT2D eigenvalue weighted by Crippen LogP contribution is 2.61. The van der Waals surface area contributed by atoms with Crippen molar-refractivity contribution in [3.05, 3.63) is 48.3 Å². The summed E-state index contributed by atoms with van der Waals surface area (Å²) in [6, 6.07) is 11.5. The van der Waals surface area contributed by atoms with E-state index in [4.69, 9.17) is 12.2 Å². The van der Waals surface area contributed by atoms with E-state index in [1.165, 1.54) is 55.5 Å². The van der Waals surface area contributed by atoms with Gasteiger partial charge in [-0.05, 0) is 116 Å². The van der Waals surface area contributed by atoms with E-state index in [0.29, 0.717) is 28.3 Å². The van der Waals surface area contributed by atoms with Crippen molar-refractivity contribution in [2.24, 2.45) is 23.2 Å². The van der Waals surface area contributed by atoms with Crippen LogP contribution in [0.1, 0.15) is 44.9 Å². The number of hydrogen-bond donors (Lipinski definition) is 2. The summed E-state index contributed by atoms with van der Waals surface area (Å²) in [7, 11) is 0. The summed E-state index contributed by atoms with van der Waals surface area (Å²) in [5.74, 6) is 2.18. The molecule has 0 unspecified atom stereocenters. The fourth-order valence-corrected chi connectivity index (χ4v) is 7.09. The average Bonchev–Trinajstić information content (AvgIpc) is 3.16. The zero-order valence-electron chi connectivity index (χ0n) is 18.3. The Morgan fingerprint density at radius 2 is 1.64 bits per heavy atom. The second kappa shape index (κ2) is 7.87. The summed E-state index contributed by atoms with van der Waals surface area (Å²) in [6.45, 7) is 0. The topological polar surface area (TPSA) is 71.8 Å². The van der Waals surface area contributed by atoms with Crippen LogP contribution >= 0.6 is 12.2 Å². The first kappa shape index (κ1) is 20.7. The normalized spacial score (nSPS) is 27.6. The number of fused-ring (bicyclic) bond motifs is 1. The molecule has 0 aliphatic heterocycles. The monoisotopic (exact) mass is 463 g/mol. The van der Waals surface area contributed by atoms with Gasteiger partial charge in [0.15, 0.2) is 5.11 Å². The van der Waals surface area contributed by atoms with Crippen molar-refractivity contribution in [2.45, 2.75) is 44.9 Å². The van der Waals surface area contributed by atoms with Gasteiger partial charge in [-0.3, -0.25) is 4.79 Å². The van der Waals surface area contributed by atoms with Crippen LogP contribution in [-0.4, -0.2) is 26.0 Å². The van der Waals surface area contributed by atoms with Gasteiger partial charge in [0.25, 0.3) is 0 Å². The number of thiocarbonyl (C=S) groups is 1. The molecule has 8 heteroatoms. The Bertz CT molecular complexity index is 1200. The lowest BCUT2D eigenvalue weighted by atomic mass is 9.49. The van der Waals surface area contributed by atoms with Crippen LogP contribution < -0.4 is 10.6 Å². The number of carbonyl (C=O) groups is 1. The Labute approximate surface area is 196 Å². The Kier molecular flexibility index (Phi) is 4.94. The molecule has 4 bridgehead atoms. The zero-order chi connectivity index (χ0) is 22.6. The minimum Gasteiger partial charge on any atom is -0.332 e. The molecule has 1 aromatic heterocycles. The lowest BCUT2D eigenvalue weighted by molar-refractivity contribution is -0.127. The second-order valence-electron chi connectivity index (χ2n) is 10.3. The van der Waals surface area contributed by atoms with Crippen molar-refractivity contribution in [2.75, 3.05) is 5.32 Å². The van der Waals surface area contributed by atoms with Crippen molar-refractivity contribution < 1.29 is 9.18 Å². The maximum atomic E-state index is 13.2. The zero-order valence-corrected chi connectivity index (χ0v) is 19.1. The number of hydrogen-bond acceptors (Lipinski definition) is 4. The first-order valence-electron chi connectivity index (χ1n) is 11.7. The SMILES string of the molecule is O=C(CC12CC3CC(CC(C3)C1)C2)NC(=S)Nc1ccc2nn(-c3ccc(F)cc3)nc2c1. The fourth-order valence-electron chi connectivity index (χ4n) is 6.86. The Balaban J connectivity index is 1.10. The van der Waals surface area contributed by atoms with Gasteiger partial charge < -0.3 is 10.6 Å². The van der Waals surface area contributed by atoms with Crippen LogP contribution in [0, 0.1) is 29.0 Å². The molecule has 0 spiro atoms. The third-order valence-electron chi connectivity index (χ3n) is 7.65. The molecular formula is C25H26FN5OS. The first-order chi connectivity index (χ1) is 15.9. The summed E-state index contributed by atoms with van der Waals surface area (Å²) >= 11 is 5.42. The molecule has 0 radical (unpaired) electrons. The van der Waals surface area contributed by atoms with Crippen LogP contribution in [0.25, 0.3) is 16.7 Å².